The van der Waals surface area contributed by atoms with Crippen molar-refractivity contribution in [1.82, 2.24) is 0 Å². The molecule has 76 valence electrons. The molecule has 2 rings (SSSR count). The van der Waals surface area contributed by atoms with Crippen LogP contribution in [0.25, 0.3) is 0 Å². The van der Waals surface area contributed by atoms with Gasteiger partial charge in [-0.25, -0.2) is 0 Å². The predicted octanol–water partition coefficient (Wildman–Crippen LogP) is 3.16. The quantitative estimate of drug-likeness (QED) is 0.668. The smallest absolute Gasteiger partial charge is 0.0613 e. The number of benzene rings is 1. The molecule has 0 atom stereocenters. The normalized spacial score (nSPS) is 17.5. The van der Waals surface area contributed by atoms with Gasteiger partial charge in [0.25, 0.3) is 0 Å². The van der Waals surface area contributed by atoms with Crippen LogP contribution in [-0.2, 0) is 23.1 Å². The van der Waals surface area contributed by atoms with Crippen molar-refractivity contribution in [3.63, 3.8) is 0 Å². The minimum atomic E-state index is 0.713. The summed E-state index contributed by atoms with van der Waals surface area (Å²) >= 11 is 0. The minimum Gasteiger partial charge on any atom is -0.0613 e. The molecule has 1 heterocycles. The summed E-state index contributed by atoms with van der Waals surface area (Å²) in [6.45, 7) is 2.22. The Bertz CT molecular complexity index is 270. The molecule has 0 saturated carbocycles. The standard InChI is InChI=1S/C13H19S/c1-2-12-5-7-13(8-6-12)11-14-9-3-4-10-14/h5-8H,2-4,9-11H2,1H3/q+1. The van der Waals surface area contributed by atoms with Gasteiger partial charge in [0.2, 0.25) is 0 Å². The molecule has 1 aliphatic heterocycles. The summed E-state index contributed by atoms with van der Waals surface area (Å²) in [5.41, 5.74) is 3.01. The van der Waals surface area contributed by atoms with Crippen LogP contribution in [0.1, 0.15) is 30.9 Å². The number of hydrogen-bond acceptors (Lipinski definition) is 0. The van der Waals surface area contributed by atoms with Gasteiger partial charge >= 0.3 is 0 Å². The second-order valence-electron chi connectivity index (χ2n) is 4.04. The first-order valence-electron chi connectivity index (χ1n) is 5.60. The second kappa shape index (κ2) is 4.88. The second-order valence-corrected chi connectivity index (χ2v) is 6.37. The van der Waals surface area contributed by atoms with Crippen LogP contribution < -0.4 is 0 Å². The van der Waals surface area contributed by atoms with Crippen LogP contribution in [0.2, 0.25) is 0 Å². The highest BCUT2D eigenvalue weighted by Crippen LogP contribution is 2.18. The van der Waals surface area contributed by atoms with E-state index in [4.69, 9.17) is 0 Å². The van der Waals surface area contributed by atoms with Gasteiger partial charge in [0.1, 0.15) is 17.3 Å². The molecule has 0 spiro atoms. The van der Waals surface area contributed by atoms with E-state index in [-0.39, 0.29) is 0 Å². The molecule has 1 fully saturated rings. The molecule has 0 bridgehead atoms. The third-order valence-electron chi connectivity index (χ3n) is 2.92. The van der Waals surface area contributed by atoms with Gasteiger partial charge in [0.05, 0.1) is 0 Å². The Balaban J connectivity index is 1.95. The summed E-state index contributed by atoms with van der Waals surface area (Å²) in [4.78, 5) is 0. The SMILES string of the molecule is CCc1ccc(C[S+]2CCCC2)cc1. The highest BCUT2D eigenvalue weighted by Gasteiger charge is 2.23. The number of aryl methyl sites for hydroxylation is 1. The monoisotopic (exact) mass is 207 g/mol. The third-order valence-corrected chi connectivity index (χ3v) is 5.39. The Morgan fingerprint density at radius 3 is 2.14 bits per heavy atom. The van der Waals surface area contributed by atoms with Gasteiger partial charge in [-0.3, -0.25) is 0 Å². The zero-order valence-corrected chi connectivity index (χ0v) is 9.78. The highest BCUT2D eigenvalue weighted by atomic mass is 32.2. The maximum Gasteiger partial charge on any atom is 0.133 e. The van der Waals surface area contributed by atoms with Gasteiger partial charge in [-0.2, -0.15) is 0 Å². The average Bonchev–Trinajstić information content (AvgIpc) is 2.72. The van der Waals surface area contributed by atoms with Crippen LogP contribution in [0.15, 0.2) is 24.3 Å². The third kappa shape index (κ3) is 2.54. The fourth-order valence-corrected chi connectivity index (χ4v) is 4.35. The van der Waals surface area contributed by atoms with E-state index in [1.54, 1.807) is 5.56 Å². The zero-order chi connectivity index (χ0) is 9.80. The Morgan fingerprint density at radius 1 is 1.00 bits per heavy atom. The molecule has 1 aromatic carbocycles. The summed E-state index contributed by atoms with van der Waals surface area (Å²) in [6.07, 6.45) is 4.10. The largest absolute Gasteiger partial charge is 0.133 e. The summed E-state index contributed by atoms with van der Waals surface area (Å²) in [5.74, 6) is 4.30. The molecule has 0 amide bonds. The molecule has 0 radical (unpaired) electrons. The molecule has 1 saturated heterocycles. The van der Waals surface area contributed by atoms with Gasteiger partial charge in [0.15, 0.2) is 0 Å². The average molecular weight is 207 g/mol. The van der Waals surface area contributed by atoms with Crippen molar-refractivity contribution in [2.75, 3.05) is 11.5 Å². The lowest BCUT2D eigenvalue weighted by Gasteiger charge is -2.02. The lowest BCUT2D eigenvalue weighted by molar-refractivity contribution is 0.949. The van der Waals surface area contributed by atoms with Crippen LogP contribution in [0.4, 0.5) is 0 Å². The van der Waals surface area contributed by atoms with E-state index in [1.165, 1.54) is 35.7 Å². The van der Waals surface area contributed by atoms with Crippen molar-refractivity contribution >= 4 is 10.9 Å². The van der Waals surface area contributed by atoms with Crippen molar-refractivity contribution in [2.45, 2.75) is 31.9 Å². The van der Waals surface area contributed by atoms with Gasteiger partial charge < -0.3 is 0 Å². The molecule has 1 heteroatoms. The van der Waals surface area contributed by atoms with Crippen LogP contribution in [0.3, 0.4) is 0 Å². The first-order valence-corrected chi connectivity index (χ1v) is 7.33. The molecule has 0 nitrogen and oxygen atoms in total. The molecule has 0 aromatic heterocycles. The molecule has 1 aromatic rings. The van der Waals surface area contributed by atoms with Gasteiger partial charge in [-0.1, -0.05) is 31.2 Å². The topological polar surface area (TPSA) is 0 Å². The van der Waals surface area contributed by atoms with Gasteiger partial charge in [-0.05, 0) is 35.7 Å². The summed E-state index contributed by atoms with van der Waals surface area (Å²) in [5, 5.41) is 0. The first kappa shape index (κ1) is 10.1. The van der Waals surface area contributed by atoms with E-state index in [9.17, 15) is 0 Å². The number of rotatable bonds is 3. The molecular weight excluding hydrogens is 188 g/mol. The predicted molar refractivity (Wildman–Crippen MR) is 65.9 cm³/mol. The summed E-state index contributed by atoms with van der Waals surface area (Å²) < 4.78 is 0. The zero-order valence-electron chi connectivity index (χ0n) is 8.96. The van der Waals surface area contributed by atoms with Crippen molar-refractivity contribution in [3.05, 3.63) is 35.4 Å². The van der Waals surface area contributed by atoms with Crippen molar-refractivity contribution in [1.29, 1.82) is 0 Å². The molecule has 14 heavy (non-hydrogen) atoms. The minimum absolute atomic E-state index is 0.713. The Morgan fingerprint density at radius 2 is 1.57 bits per heavy atom. The van der Waals surface area contributed by atoms with Crippen molar-refractivity contribution in [3.8, 4) is 0 Å². The fraction of sp³-hybridized carbons (Fsp3) is 0.538. The Labute approximate surface area is 90.1 Å². The lowest BCUT2D eigenvalue weighted by atomic mass is 10.1. The molecular formula is C13H19S+. The van der Waals surface area contributed by atoms with E-state index in [1.807, 2.05) is 0 Å². The van der Waals surface area contributed by atoms with Crippen LogP contribution in [0, 0.1) is 0 Å². The van der Waals surface area contributed by atoms with Crippen molar-refractivity contribution in [2.24, 2.45) is 0 Å². The van der Waals surface area contributed by atoms with E-state index >= 15 is 0 Å². The van der Waals surface area contributed by atoms with Gasteiger partial charge in [0, 0.05) is 5.56 Å². The van der Waals surface area contributed by atoms with Crippen LogP contribution >= 0.6 is 0 Å². The van der Waals surface area contributed by atoms with E-state index in [2.05, 4.69) is 31.2 Å². The van der Waals surface area contributed by atoms with Crippen molar-refractivity contribution < 1.29 is 0 Å². The first-order chi connectivity index (χ1) is 6.88. The maximum absolute atomic E-state index is 2.32. The molecule has 1 aliphatic rings. The lowest BCUT2D eigenvalue weighted by Crippen LogP contribution is -2.06. The van der Waals surface area contributed by atoms with Crippen LogP contribution in [-0.4, -0.2) is 11.5 Å². The summed E-state index contributed by atoms with van der Waals surface area (Å²) in [7, 11) is 0.713. The molecule has 0 unspecified atom stereocenters. The van der Waals surface area contributed by atoms with E-state index in [0.29, 0.717) is 10.9 Å². The molecule has 0 aliphatic carbocycles. The highest BCUT2D eigenvalue weighted by molar-refractivity contribution is 7.96. The fourth-order valence-electron chi connectivity index (χ4n) is 1.97. The van der Waals surface area contributed by atoms with Gasteiger partial charge in [-0.15, -0.1) is 0 Å². The molecule has 0 N–H and O–H groups in total. The van der Waals surface area contributed by atoms with E-state index < -0.39 is 0 Å². The summed E-state index contributed by atoms with van der Waals surface area (Å²) in [6, 6.07) is 9.22. The Hall–Kier alpha value is -0.430. The van der Waals surface area contributed by atoms with Crippen LogP contribution in [0.5, 0.6) is 0 Å². The number of hydrogen-bond donors (Lipinski definition) is 0. The Kier molecular flexibility index (Phi) is 3.52. The maximum atomic E-state index is 2.32. The van der Waals surface area contributed by atoms with E-state index in [0.717, 1.165) is 6.42 Å².